The SMILES string of the molecule is [c]1snc2ncncc12. The van der Waals surface area contributed by atoms with Crippen LogP contribution in [-0.4, -0.2) is 14.3 Å². The van der Waals surface area contributed by atoms with Crippen LogP contribution < -0.4 is 0 Å². The minimum atomic E-state index is 0.731. The van der Waals surface area contributed by atoms with Crippen molar-refractivity contribution < 1.29 is 0 Å². The van der Waals surface area contributed by atoms with E-state index in [2.05, 4.69) is 19.7 Å². The molecule has 0 aliphatic heterocycles. The van der Waals surface area contributed by atoms with Crippen LogP contribution in [0.3, 0.4) is 0 Å². The van der Waals surface area contributed by atoms with E-state index >= 15 is 0 Å². The number of hydrogen-bond donors (Lipinski definition) is 0. The van der Waals surface area contributed by atoms with Gasteiger partial charge < -0.3 is 0 Å². The molecule has 0 N–H and O–H groups in total. The molecule has 0 amide bonds. The molecule has 0 spiro atoms. The number of fused-ring (bicyclic) bond motifs is 1. The van der Waals surface area contributed by atoms with Crippen LogP contribution in [0.5, 0.6) is 0 Å². The van der Waals surface area contributed by atoms with E-state index < -0.39 is 0 Å². The largest absolute Gasteiger partial charge is 0.244 e. The molecule has 0 aromatic carbocycles. The third kappa shape index (κ3) is 0.675. The van der Waals surface area contributed by atoms with Crippen LogP contribution in [0.15, 0.2) is 12.5 Å². The van der Waals surface area contributed by atoms with E-state index in [1.807, 2.05) is 0 Å². The van der Waals surface area contributed by atoms with Crippen LogP contribution in [0.4, 0.5) is 0 Å². The van der Waals surface area contributed by atoms with E-state index in [0.29, 0.717) is 0 Å². The summed E-state index contributed by atoms with van der Waals surface area (Å²) in [6.45, 7) is 0. The molecular weight excluding hydrogens is 134 g/mol. The number of aromatic nitrogens is 3. The van der Waals surface area contributed by atoms with Crippen molar-refractivity contribution in [3.05, 3.63) is 17.9 Å². The molecule has 2 aromatic heterocycles. The minimum Gasteiger partial charge on any atom is -0.244 e. The standard InChI is InChI=1S/C5H2N3S/c1-4-2-9-8-5(4)7-3-6-1/h1,3H. The summed E-state index contributed by atoms with van der Waals surface area (Å²) in [4.78, 5) is 7.71. The molecule has 2 rings (SSSR count). The zero-order valence-corrected chi connectivity index (χ0v) is 5.22. The molecule has 0 saturated heterocycles. The van der Waals surface area contributed by atoms with Gasteiger partial charge in [0.15, 0.2) is 5.65 Å². The summed E-state index contributed by atoms with van der Waals surface area (Å²) >= 11 is 1.28. The van der Waals surface area contributed by atoms with Crippen molar-refractivity contribution in [1.29, 1.82) is 0 Å². The Morgan fingerprint density at radius 3 is 3.44 bits per heavy atom. The topological polar surface area (TPSA) is 38.7 Å². The van der Waals surface area contributed by atoms with E-state index in [-0.39, 0.29) is 0 Å². The second-order valence-corrected chi connectivity index (χ2v) is 2.11. The summed E-state index contributed by atoms with van der Waals surface area (Å²) in [5.74, 6) is 0. The molecule has 2 heterocycles. The first kappa shape index (κ1) is 4.81. The highest BCUT2D eigenvalue weighted by molar-refractivity contribution is 7.04. The fraction of sp³-hybridized carbons (Fsp3) is 0. The fourth-order valence-corrected chi connectivity index (χ4v) is 1.10. The first-order chi connectivity index (χ1) is 4.47. The van der Waals surface area contributed by atoms with Crippen molar-refractivity contribution in [2.75, 3.05) is 0 Å². The summed E-state index contributed by atoms with van der Waals surface area (Å²) in [6.07, 6.45) is 3.18. The van der Waals surface area contributed by atoms with E-state index in [4.69, 9.17) is 0 Å². The zero-order chi connectivity index (χ0) is 6.10. The Bertz CT molecular complexity index is 286. The molecule has 0 bridgehead atoms. The highest BCUT2D eigenvalue weighted by Crippen LogP contribution is 2.07. The summed E-state index contributed by atoms with van der Waals surface area (Å²) < 4.78 is 3.95. The van der Waals surface area contributed by atoms with E-state index in [1.165, 1.54) is 17.9 Å². The lowest BCUT2D eigenvalue weighted by molar-refractivity contribution is 1.21. The predicted molar refractivity (Wildman–Crippen MR) is 34.0 cm³/mol. The molecular formula is C5H2N3S. The molecule has 0 aliphatic rings. The Labute approximate surface area is 55.6 Å². The van der Waals surface area contributed by atoms with Crippen molar-refractivity contribution in [2.24, 2.45) is 0 Å². The number of hydrogen-bond acceptors (Lipinski definition) is 4. The molecule has 0 fully saturated rings. The summed E-state index contributed by atoms with van der Waals surface area (Å²) in [5.41, 5.74) is 0.731. The molecule has 9 heavy (non-hydrogen) atoms. The Balaban J connectivity index is 2.95. The summed E-state index contributed by atoms with van der Waals surface area (Å²) in [5, 5.41) is 3.82. The fourth-order valence-electron chi connectivity index (χ4n) is 0.583. The van der Waals surface area contributed by atoms with E-state index in [0.717, 1.165) is 11.0 Å². The number of nitrogens with zero attached hydrogens (tertiary/aromatic N) is 3. The van der Waals surface area contributed by atoms with Gasteiger partial charge in [-0.15, -0.1) is 0 Å². The molecule has 0 unspecified atom stereocenters. The molecule has 0 saturated carbocycles. The third-order valence-electron chi connectivity index (χ3n) is 0.979. The first-order valence-electron chi connectivity index (χ1n) is 2.40. The van der Waals surface area contributed by atoms with Crippen molar-refractivity contribution in [3.8, 4) is 0 Å². The van der Waals surface area contributed by atoms with Gasteiger partial charge in [-0.2, -0.15) is 4.37 Å². The maximum atomic E-state index is 3.95. The lowest BCUT2D eigenvalue weighted by Crippen LogP contribution is -1.75. The van der Waals surface area contributed by atoms with Gasteiger partial charge in [-0.3, -0.25) is 0 Å². The van der Waals surface area contributed by atoms with Gasteiger partial charge in [0, 0.05) is 6.20 Å². The molecule has 4 heteroatoms. The van der Waals surface area contributed by atoms with Gasteiger partial charge in [0.2, 0.25) is 0 Å². The zero-order valence-electron chi connectivity index (χ0n) is 4.40. The average molecular weight is 136 g/mol. The second kappa shape index (κ2) is 1.73. The van der Waals surface area contributed by atoms with E-state index in [9.17, 15) is 0 Å². The summed E-state index contributed by atoms with van der Waals surface area (Å²) in [7, 11) is 0. The van der Waals surface area contributed by atoms with Gasteiger partial charge in [-0.25, -0.2) is 9.97 Å². The Hall–Kier alpha value is -1.03. The van der Waals surface area contributed by atoms with Gasteiger partial charge in [-0.1, -0.05) is 0 Å². The van der Waals surface area contributed by atoms with Crippen LogP contribution in [0.2, 0.25) is 0 Å². The highest BCUT2D eigenvalue weighted by Gasteiger charge is 1.93. The molecule has 0 aliphatic carbocycles. The van der Waals surface area contributed by atoms with Crippen LogP contribution in [0.1, 0.15) is 0 Å². The molecule has 3 nitrogen and oxygen atoms in total. The van der Waals surface area contributed by atoms with Gasteiger partial charge in [0.25, 0.3) is 0 Å². The first-order valence-corrected chi connectivity index (χ1v) is 3.17. The van der Waals surface area contributed by atoms with Gasteiger partial charge in [0.05, 0.1) is 10.8 Å². The van der Waals surface area contributed by atoms with Crippen molar-refractivity contribution in [3.63, 3.8) is 0 Å². The maximum Gasteiger partial charge on any atom is 0.176 e. The lowest BCUT2D eigenvalue weighted by Gasteiger charge is -1.79. The molecule has 2 aromatic rings. The van der Waals surface area contributed by atoms with Gasteiger partial charge in [-0.05, 0) is 11.5 Å². The van der Waals surface area contributed by atoms with E-state index in [1.54, 1.807) is 6.20 Å². The van der Waals surface area contributed by atoms with Gasteiger partial charge in [0.1, 0.15) is 6.33 Å². The van der Waals surface area contributed by atoms with Gasteiger partial charge >= 0.3 is 0 Å². The van der Waals surface area contributed by atoms with Crippen LogP contribution in [-0.2, 0) is 0 Å². The quantitative estimate of drug-likeness (QED) is 0.539. The van der Waals surface area contributed by atoms with Crippen LogP contribution in [0, 0.1) is 5.38 Å². The molecule has 1 radical (unpaired) electrons. The summed E-state index contributed by atoms with van der Waals surface area (Å²) in [6, 6.07) is 0. The van der Waals surface area contributed by atoms with Crippen molar-refractivity contribution >= 4 is 22.6 Å². The Morgan fingerprint density at radius 1 is 1.56 bits per heavy atom. The average Bonchev–Trinajstić information content (AvgIpc) is 2.33. The lowest BCUT2D eigenvalue weighted by atomic mass is 10.5. The Kier molecular flexibility index (Phi) is 0.927. The third-order valence-corrected chi connectivity index (χ3v) is 1.55. The maximum absolute atomic E-state index is 3.95. The second-order valence-electron chi connectivity index (χ2n) is 1.54. The highest BCUT2D eigenvalue weighted by atomic mass is 32.1. The Morgan fingerprint density at radius 2 is 2.56 bits per heavy atom. The van der Waals surface area contributed by atoms with Crippen LogP contribution in [0.25, 0.3) is 11.0 Å². The van der Waals surface area contributed by atoms with Crippen molar-refractivity contribution in [1.82, 2.24) is 14.3 Å². The van der Waals surface area contributed by atoms with Crippen LogP contribution >= 0.6 is 11.5 Å². The minimum absolute atomic E-state index is 0.731. The predicted octanol–water partition coefficient (Wildman–Crippen LogP) is 0.886. The number of rotatable bonds is 0. The monoisotopic (exact) mass is 136 g/mol. The molecule has 0 atom stereocenters. The smallest absolute Gasteiger partial charge is 0.176 e. The van der Waals surface area contributed by atoms with Crippen molar-refractivity contribution in [2.45, 2.75) is 0 Å². The molecule has 43 valence electrons. The normalized spacial score (nSPS) is 10.2.